The Morgan fingerprint density at radius 2 is 2.07 bits per heavy atom. The minimum absolute atomic E-state index is 0.156. The van der Waals surface area contributed by atoms with Gasteiger partial charge >= 0.3 is 0 Å². The largest absolute Gasteiger partial charge is 0.335 e. The lowest BCUT2D eigenvalue weighted by atomic mass is 9.98. The SMILES string of the molecule is Cc1ccc2c(C(=O)N3C[C@@H]4CC[C@@H]3C4)cc(-c3cnn(C)c3)nc2c1C. The third kappa shape index (κ3) is 2.56. The van der Waals surface area contributed by atoms with Gasteiger partial charge in [0.15, 0.2) is 0 Å². The van der Waals surface area contributed by atoms with Gasteiger partial charge in [-0.3, -0.25) is 9.48 Å². The first-order valence-corrected chi connectivity index (χ1v) is 9.72. The first kappa shape index (κ1) is 16.5. The molecule has 2 fully saturated rings. The third-order valence-corrected chi connectivity index (χ3v) is 6.41. The van der Waals surface area contributed by atoms with Crippen LogP contribution in [0.1, 0.15) is 40.7 Å². The zero-order valence-corrected chi connectivity index (χ0v) is 16.1. The van der Waals surface area contributed by atoms with Gasteiger partial charge in [0, 0.05) is 36.8 Å². The monoisotopic (exact) mass is 360 g/mol. The van der Waals surface area contributed by atoms with Crippen LogP contribution in [0.4, 0.5) is 0 Å². The maximum atomic E-state index is 13.5. The van der Waals surface area contributed by atoms with Crippen LogP contribution in [0.2, 0.25) is 0 Å². The van der Waals surface area contributed by atoms with Gasteiger partial charge in [-0.15, -0.1) is 0 Å². The van der Waals surface area contributed by atoms with E-state index in [1.807, 2.05) is 25.5 Å². The summed E-state index contributed by atoms with van der Waals surface area (Å²) in [6, 6.07) is 6.52. The number of amides is 1. The number of aryl methyl sites for hydroxylation is 3. The van der Waals surface area contributed by atoms with E-state index in [4.69, 9.17) is 4.98 Å². The van der Waals surface area contributed by atoms with Crippen molar-refractivity contribution in [3.63, 3.8) is 0 Å². The van der Waals surface area contributed by atoms with E-state index in [0.29, 0.717) is 12.0 Å². The molecule has 1 aliphatic carbocycles. The van der Waals surface area contributed by atoms with E-state index in [2.05, 4.69) is 36.0 Å². The molecule has 3 aromatic rings. The van der Waals surface area contributed by atoms with Gasteiger partial charge in [-0.25, -0.2) is 4.98 Å². The fourth-order valence-corrected chi connectivity index (χ4v) is 4.74. The van der Waals surface area contributed by atoms with E-state index >= 15 is 0 Å². The normalized spacial score (nSPS) is 21.4. The van der Waals surface area contributed by atoms with Crippen molar-refractivity contribution in [1.82, 2.24) is 19.7 Å². The second kappa shape index (κ2) is 5.91. The maximum absolute atomic E-state index is 13.5. The molecule has 0 radical (unpaired) electrons. The van der Waals surface area contributed by atoms with Crippen molar-refractivity contribution in [1.29, 1.82) is 0 Å². The molecule has 2 aromatic heterocycles. The van der Waals surface area contributed by atoms with Crippen LogP contribution >= 0.6 is 0 Å². The van der Waals surface area contributed by atoms with Crippen molar-refractivity contribution in [2.45, 2.75) is 39.2 Å². The number of pyridine rings is 1. The molecule has 5 nitrogen and oxygen atoms in total. The minimum atomic E-state index is 0.156. The van der Waals surface area contributed by atoms with E-state index in [-0.39, 0.29) is 5.91 Å². The molecule has 1 amide bonds. The summed E-state index contributed by atoms with van der Waals surface area (Å²) in [7, 11) is 1.90. The molecular formula is C22H24N4O. The van der Waals surface area contributed by atoms with Gasteiger partial charge in [0.2, 0.25) is 0 Å². The fraction of sp³-hybridized carbons (Fsp3) is 0.409. The zero-order chi connectivity index (χ0) is 18.7. The number of nitrogens with zero attached hydrogens (tertiary/aromatic N) is 4. The Kier molecular flexibility index (Phi) is 3.61. The van der Waals surface area contributed by atoms with Crippen molar-refractivity contribution in [3.05, 3.63) is 47.3 Å². The summed E-state index contributed by atoms with van der Waals surface area (Å²) < 4.78 is 1.77. The predicted molar refractivity (Wildman–Crippen MR) is 106 cm³/mol. The number of hydrogen-bond acceptors (Lipinski definition) is 3. The number of carbonyl (C=O) groups excluding carboxylic acids is 1. The van der Waals surface area contributed by atoms with Crippen LogP contribution in [0.3, 0.4) is 0 Å². The highest BCUT2D eigenvalue weighted by atomic mass is 16.2. The quantitative estimate of drug-likeness (QED) is 0.697. The van der Waals surface area contributed by atoms with Crippen molar-refractivity contribution < 1.29 is 4.79 Å². The third-order valence-electron chi connectivity index (χ3n) is 6.41. The van der Waals surface area contributed by atoms with Crippen LogP contribution in [-0.2, 0) is 7.05 Å². The van der Waals surface area contributed by atoms with Crippen LogP contribution < -0.4 is 0 Å². The van der Waals surface area contributed by atoms with Gasteiger partial charge in [-0.05, 0) is 56.2 Å². The van der Waals surface area contributed by atoms with Gasteiger partial charge in [0.1, 0.15) is 0 Å². The lowest BCUT2D eigenvalue weighted by Gasteiger charge is -2.27. The number of aromatic nitrogens is 3. The molecule has 0 N–H and O–H groups in total. The maximum Gasteiger partial charge on any atom is 0.254 e. The Morgan fingerprint density at radius 1 is 1.22 bits per heavy atom. The molecule has 3 heterocycles. The second-order valence-electron chi connectivity index (χ2n) is 8.15. The number of likely N-dealkylation sites (tertiary alicyclic amines) is 1. The molecule has 2 aliphatic rings. The van der Waals surface area contributed by atoms with Crippen LogP contribution in [0.15, 0.2) is 30.6 Å². The van der Waals surface area contributed by atoms with Gasteiger partial charge < -0.3 is 4.90 Å². The van der Waals surface area contributed by atoms with Crippen LogP contribution in [-0.4, -0.2) is 38.2 Å². The highest BCUT2D eigenvalue weighted by Crippen LogP contribution is 2.39. The Morgan fingerprint density at radius 3 is 2.74 bits per heavy atom. The van der Waals surface area contributed by atoms with Gasteiger partial charge in [-0.2, -0.15) is 5.10 Å². The van der Waals surface area contributed by atoms with E-state index in [1.54, 1.807) is 4.68 Å². The molecular weight excluding hydrogens is 336 g/mol. The highest BCUT2D eigenvalue weighted by molar-refractivity contribution is 6.08. The molecule has 0 unspecified atom stereocenters. The summed E-state index contributed by atoms with van der Waals surface area (Å²) in [4.78, 5) is 20.5. The number of hydrogen-bond donors (Lipinski definition) is 0. The van der Waals surface area contributed by atoms with Crippen molar-refractivity contribution in [2.75, 3.05) is 6.54 Å². The molecule has 2 atom stereocenters. The van der Waals surface area contributed by atoms with Crippen molar-refractivity contribution >= 4 is 16.8 Å². The number of piperidine rings is 1. The van der Waals surface area contributed by atoms with Crippen LogP contribution in [0.5, 0.6) is 0 Å². The van der Waals surface area contributed by atoms with Crippen molar-refractivity contribution in [3.8, 4) is 11.3 Å². The van der Waals surface area contributed by atoms with Gasteiger partial charge in [-0.1, -0.05) is 12.1 Å². The molecule has 5 heteroatoms. The van der Waals surface area contributed by atoms with E-state index in [9.17, 15) is 4.79 Å². The summed E-state index contributed by atoms with van der Waals surface area (Å²) in [5, 5.41) is 5.23. The fourth-order valence-electron chi connectivity index (χ4n) is 4.74. The van der Waals surface area contributed by atoms with Crippen LogP contribution in [0, 0.1) is 19.8 Å². The van der Waals surface area contributed by atoms with E-state index < -0.39 is 0 Å². The van der Waals surface area contributed by atoms with Gasteiger partial charge in [0.25, 0.3) is 5.91 Å². The number of rotatable bonds is 2. The first-order chi connectivity index (χ1) is 13.0. The topological polar surface area (TPSA) is 51.0 Å². The second-order valence-corrected chi connectivity index (χ2v) is 8.15. The summed E-state index contributed by atoms with van der Waals surface area (Å²) >= 11 is 0. The Labute approximate surface area is 159 Å². The van der Waals surface area contributed by atoms with E-state index in [0.717, 1.165) is 46.3 Å². The number of benzene rings is 1. The molecule has 5 rings (SSSR count). The first-order valence-electron chi connectivity index (χ1n) is 9.72. The zero-order valence-electron chi connectivity index (χ0n) is 16.1. The lowest BCUT2D eigenvalue weighted by molar-refractivity contribution is 0.0705. The summed E-state index contributed by atoms with van der Waals surface area (Å²) in [6.45, 7) is 5.08. The molecule has 0 spiro atoms. The Bertz CT molecular complexity index is 1070. The molecule has 1 saturated carbocycles. The predicted octanol–water partition coefficient (Wildman–Crippen LogP) is 3.88. The van der Waals surface area contributed by atoms with Crippen molar-refractivity contribution in [2.24, 2.45) is 13.0 Å². The Balaban J connectivity index is 1.70. The molecule has 138 valence electrons. The number of carbonyl (C=O) groups is 1. The standard InChI is InChI=1S/C22H24N4O/c1-13-4-7-18-19(22(27)26-11-15-5-6-17(26)8-15)9-20(24-21(18)14(13)2)16-10-23-25(3)12-16/h4,7,9-10,12,15,17H,5-6,8,11H2,1-3H3/t15-,17-/m1/s1. The summed E-state index contributed by atoms with van der Waals surface area (Å²) in [6.07, 6.45) is 7.34. The minimum Gasteiger partial charge on any atom is -0.335 e. The molecule has 1 aromatic carbocycles. The molecule has 1 aliphatic heterocycles. The lowest BCUT2D eigenvalue weighted by Crippen LogP contribution is -2.37. The van der Waals surface area contributed by atoms with E-state index in [1.165, 1.54) is 18.4 Å². The van der Waals surface area contributed by atoms with Gasteiger partial charge in [0.05, 0.1) is 23.0 Å². The highest BCUT2D eigenvalue weighted by Gasteiger charge is 2.40. The average Bonchev–Trinajstić information content (AvgIpc) is 3.40. The number of fused-ring (bicyclic) bond motifs is 3. The van der Waals surface area contributed by atoms with Crippen LogP contribution in [0.25, 0.3) is 22.2 Å². The molecule has 1 saturated heterocycles. The molecule has 27 heavy (non-hydrogen) atoms. The smallest absolute Gasteiger partial charge is 0.254 e. The Hall–Kier alpha value is -2.69. The average molecular weight is 360 g/mol. The summed E-state index contributed by atoms with van der Waals surface area (Å²) in [5.41, 5.74) is 5.78. The summed E-state index contributed by atoms with van der Waals surface area (Å²) in [5.74, 6) is 0.844. The molecule has 2 bridgehead atoms.